The molecule has 0 heterocycles. The minimum absolute atomic E-state index is 0.214. The molecule has 0 aliphatic heterocycles. The summed E-state index contributed by atoms with van der Waals surface area (Å²) in [6.45, 7) is 5.64. The first-order valence-corrected chi connectivity index (χ1v) is 7.63. The average Bonchev–Trinajstić information content (AvgIpc) is 2.51. The Morgan fingerprint density at radius 1 is 1.27 bits per heavy atom. The molecule has 0 radical (unpaired) electrons. The van der Waals surface area contributed by atoms with Crippen LogP contribution < -0.4 is 0 Å². The normalized spacial score (nSPS) is 11.2. The Hall–Kier alpha value is -2.05. The number of hydrogen-bond donors (Lipinski definition) is 1. The van der Waals surface area contributed by atoms with Crippen LogP contribution in [0.15, 0.2) is 42.5 Å². The number of allylic oxidation sites excluding steroid dienone is 1. The number of carbonyl (C=O) groups is 1. The van der Waals surface area contributed by atoms with Crippen molar-refractivity contribution in [1.82, 2.24) is 0 Å². The van der Waals surface area contributed by atoms with Crippen LogP contribution in [0.1, 0.15) is 44.6 Å². The van der Waals surface area contributed by atoms with Gasteiger partial charge in [0.25, 0.3) is 0 Å². The molecule has 1 aromatic carbocycles. The van der Waals surface area contributed by atoms with E-state index >= 15 is 0 Å². The standard InChI is InChI=1S/C19H24O3/c1-16(8-6-7-15-20)11-13-19(22-17(2)21)14-12-18-9-4-3-5-10-18/h3-5,9-10,19-20H,1,6-8,11,13,15H2,2H3. The van der Waals surface area contributed by atoms with Crippen LogP contribution in [-0.4, -0.2) is 23.8 Å². The highest BCUT2D eigenvalue weighted by atomic mass is 16.5. The van der Waals surface area contributed by atoms with Crippen molar-refractivity contribution in [3.63, 3.8) is 0 Å². The molecule has 118 valence electrons. The molecule has 1 rings (SSSR count). The molecule has 1 N–H and O–H groups in total. The quantitative estimate of drug-likeness (QED) is 0.346. The lowest BCUT2D eigenvalue weighted by Gasteiger charge is -2.12. The fraction of sp³-hybridized carbons (Fsp3) is 0.421. The molecule has 1 aromatic rings. The van der Waals surface area contributed by atoms with Crippen LogP contribution in [-0.2, 0) is 9.53 Å². The zero-order valence-electron chi connectivity index (χ0n) is 13.2. The van der Waals surface area contributed by atoms with Crippen LogP contribution in [0.25, 0.3) is 0 Å². The van der Waals surface area contributed by atoms with Gasteiger partial charge in [-0.1, -0.05) is 42.2 Å². The molecule has 0 saturated carbocycles. The fourth-order valence-electron chi connectivity index (χ4n) is 1.99. The number of carbonyl (C=O) groups excluding carboxylic acids is 1. The maximum absolute atomic E-state index is 11.2. The molecule has 0 aromatic heterocycles. The summed E-state index contributed by atoms with van der Waals surface area (Å²) in [5.74, 6) is 5.73. The molecule has 0 spiro atoms. The van der Waals surface area contributed by atoms with Crippen molar-refractivity contribution in [2.45, 2.75) is 45.1 Å². The molecule has 3 heteroatoms. The predicted molar refractivity (Wildman–Crippen MR) is 88.2 cm³/mol. The lowest BCUT2D eigenvalue weighted by atomic mass is 10.0. The van der Waals surface area contributed by atoms with Crippen molar-refractivity contribution in [3.05, 3.63) is 48.0 Å². The number of rotatable bonds is 8. The van der Waals surface area contributed by atoms with Crippen molar-refractivity contribution in [1.29, 1.82) is 0 Å². The van der Waals surface area contributed by atoms with Gasteiger partial charge in [0.2, 0.25) is 0 Å². The maximum atomic E-state index is 11.2. The third-order valence-corrected chi connectivity index (χ3v) is 3.16. The van der Waals surface area contributed by atoms with Gasteiger partial charge in [-0.05, 0) is 44.2 Å². The minimum Gasteiger partial charge on any atom is -0.449 e. The largest absolute Gasteiger partial charge is 0.449 e. The van der Waals surface area contributed by atoms with Gasteiger partial charge in [-0.2, -0.15) is 0 Å². The van der Waals surface area contributed by atoms with E-state index in [0.29, 0.717) is 6.42 Å². The summed E-state index contributed by atoms with van der Waals surface area (Å²) in [5.41, 5.74) is 2.01. The van der Waals surface area contributed by atoms with E-state index in [1.807, 2.05) is 30.3 Å². The van der Waals surface area contributed by atoms with E-state index < -0.39 is 6.10 Å². The molecule has 0 saturated heterocycles. The van der Waals surface area contributed by atoms with Gasteiger partial charge in [0.15, 0.2) is 6.10 Å². The summed E-state index contributed by atoms with van der Waals surface area (Å²) in [6, 6.07) is 9.63. The van der Waals surface area contributed by atoms with E-state index in [2.05, 4.69) is 18.4 Å². The number of aliphatic hydroxyl groups is 1. The molecule has 0 aliphatic rings. The molecular weight excluding hydrogens is 276 g/mol. The Balaban J connectivity index is 2.53. The Labute approximate surface area is 133 Å². The number of esters is 1. The number of benzene rings is 1. The van der Waals surface area contributed by atoms with Crippen molar-refractivity contribution >= 4 is 5.97 Å². The molecule has 0 bridgehead atoms. The van der Waals surface area contributed by atoms with Crippen LogP contribution in [0.5, 0.6) is 0 Å². The monoisotopic (exact) mass is 300 g/mol. The summed E-state index contributed by atoms with van der Waals surface area (Å²) >= 11 is 0. The lowest BCUT2D eigenvalue weighted by Crippen LogP contribution is -2.14. The second kappa shape index (κ2) is 10.6. The third-order valence-electron chi connectivity index (χ3n) is 3.16. The van der Waals surface area contributed by atoms with Crippen LogP contribution in [0.2, 0.25) is 0 Å². The second-order valence-electron chi connectivity index (χ2n) is 5.20. The first-order valence-electron chi connectivity index (χ1n) is 7.63. The van der Waals surface area contributed by atoms with Crippen LogP contribution in [0.4, 0.5) is 0 Å². The molecule has 1 atom stereocenters. The topological polar surface area (TPSA) is 46.5 Å². The SMILES string of the molecule is C=C(CCCCO)CCC(C#Cc1ccccc1)OC(C)=O. The third kappa shape index (κ3) is 8.28. The Kier molecular flexibility index (Phi) is 8.71. The molecule has 0 amide bonds. The smallest absolute Gasteiger partial charge is 0.303 e. The van der Waals surface area contributed by atoms with Crippen molar-refractivity contribution in [2.24, 2.45) is 0 Å². The molecule has 0 fully saturated rings. The van der Waals surface area contributed by atoms with Gasteiger partial charge in [0.05, 0.1) is 0 Å². The van der Waals surface area contributed by atoms with Gasteiger partial charge >= 0.3 is 5.97 Å². The van der Waals surface area contributed by atoms with Crippen molar-refractivity contribution in [2.75, 3.05) is 6.61 Å². The Bertz CT molecular complexity index is 523. The van der Waals surface area contributed by atoms with Crippen LogP contribution in [0.3, 0.4) is 0 Å². The summed E-state index contributed by atoms with van der Waals surface area (Å²) in [4.78, 5) is 11.2. The van der Waals surface area contributed by atoms with E-state index in [4.69, 9.17) is 9.84 Å². The van der Waals surface area contributed by atoms with E-state index in [0.717, 1.165) is 36.8 Å². The van der Waals surface area contributed by atoms with Gasteiger partial charge in [-0.15, -0.1) is 0 Å². The van der Waals surface area contributed by atoms with Crippen LogP contribution >= 0.6 is 0 Å². The van der Waals surface area contributed by atoms with E-state index in [1.165, 1.54) is 6.92 Å². The number of hydrogen-bond acceptors (Lipinski definition) is 3. The second-order valence-corrected chi connectivity index (χ2v) is 5.20. The van der Waals surface area contributed by atoms with Gasteiger partial charge in [0.1, 0.15) is 0 Å². The molecule has 3 nitrogen and oxygen atoms in total. The van der Waals surface area contributed by atoms with E-state index in [1.54, 1.807) is 0 Å². The van der Waals surface area contributed by atoms with E-state index in [9.17, 15) is 4.79 Å². The maximum Gasteiger partial charge on any atom is 0.303 e. The van der Waals surface area contributed by atoms with Crippen molar-refractivity contribution in [3.8, 4) is 11.8 Å². The summed E-state index contributed by atoms with van der Waals surface area (Å²) in [7, 11) is 0. The fourth-order valence-corrected chi connectivity index (χ4v) is 1.99. The van der Waals surface area contributed by atoms with Gasteiger partial charge < -0.3 is 9.84 Å². The van der Waals surface area contributed by atoms with E-state index in [-0.39, 0.29) is 12.6 Å². The molecule has 0 aliphatic carbocycles. The molecule has 22 heavy (non-hydrogen) atoms. The van der Waals surface area contributed by atoms with Gasteiger partial charge in [-0.3, -0.25) is 4.79 Å². The molecular formula is C19H24O3. The summed E-state index contributed by atoms with van der Waals surface area (Å²) < 4.78 is 5.25. The number of unbranched alkanes of at least 4 members (excludes halogenated alkanes) is 1. The van der Waals surface area contributed by atoms with Crippen molar-refractivity contribution < 1.29 is 14.6 Å². The van der Waals surface area contributed by atoms with Gasteiger partial charge in [-0.25, -0.2) is 0 Å². The highest BCUT2D eigenvalue weighted by molar-refractivity contribution is 5.66. The summed E-state index contributed by atoms with van der Waals surface area (Å²) in [5, 5.41) is 8.77. The zero-order chi connectivity index (χ0) is 16.2. The first kappa shape index (κ1) is 18.0. The van der Waals surface area contributed by atoms with Crippen LogP contribution in [0, 0.1) is 11.8 Å². The number of aliphatic hydroxyl groups excluding tert-OH is 1. The Morgan fingerprint density at radius 3 is 2.64 bits per heavy atom. The average molecular weight is 300 g/mol. The highest BCUT2D eigenvalue weighted by Gasteiger charge is 2.09. The van der Waals surface area contributed by atoms with Gasteiger partial charge in [0, 0.05) is 19.1 Å². The zero-order valence-corrected chi connectivity index (χ0v) is 13.2. The summed E-state index contributed by atoms with van der Waals surface area (Å²) in [6.07, 6.45) is 3.62. The Morgan fingerprint density at radius 2 is 2.00 bits per heavy atom. The minimum atomic E-state index is -0.410. The highest BCUT2D eigenvalue weighted by Crippen LogP contribution is 2.14. The first-order chi connectivity index (χ1) is 10.6. The molecule has 1 unspecified atom stereocenters. The lowest BCUT2D eigenvalue weighted by molar-refractivity contribution is -0.143. The number of ether oxygens (including phenoxy) is 1. The predicted octanol–water partition coefficient (Wildman–Crippen LogP) is 3.47.